The number of nitrogens with one attached hydrogen (secondary N) is 1. The van der Waals surface area contributed by atoms with E-state index in [0.717, 1.165) is 12.1 Å². The molecule has 2 heterocycles. The number of amides is 1. The second-order valence-electron chi connectivity index (χ2n) is 10.4. The molecule has 0 radical (unpaired) electrons. The molecule has 1 aliphatic carbocycles. The molecule has 0 bridgehead atoms. The third-order valence-electron chi connectivity index (χ3n) is 6.37. The quantitative estimate of drug-likeness (QED) is 0.188. The number of nitrogens with zero attached hydrogens (tertiary/aromatic N) is 5. The zero-order valence-electron chi connectivity index (χ0n) is 22.5. The molecule has 1 N–H and O–H groups in total. The Labute approximate surface area is 225 Å². The molecule has 3 aromatic rings. The molecule has 0 aliphatic heterocycles. The zero-order chi connectivity index (χ0) is 28.3. The minimum Gasteiger partial charge on any atom is -0.431 e. The van der Waals surface area contributed by atoms with Gasteiger partial charge in [0.2, 0.25) is 0 Å². The van der Waals surface area contributed by atoms with E-state index in [1.54, 1.807) is 24.9 Å². The van der Waals surface area contributed by atoms with E-state index in [4.69, 9.17) is 19.3 Å². The number of aryl methyl sites for hydroxylation is 1. The molecule has 208 valence electrons. The fraction of sp³-hybridized carbons (Fsp3) is 0.462. The summed E-state index contributed by atoms with van der Waals surface area (Å²) in [4.78, 5) is 35.6. The maximum atomic E-state index is 13.1. The third-order valence-corrected chi connectivity index (χ3v) is 6.37. The van der Waals surface area contributed by atoms with Crippen LogP contribution in [0.3, 0.4) is 0 Å². The van der Waals surface area contributed by atoms with E-state index in [2.05, 4.69) is 10.4 Å². The van der Waals surface area contributed by atoms with Gasteiger partial charge < -0.3 is 19.5 Å². The topological polar surface area (TPSA) is 153 Å². The number of anilines is 1. The van der Waals surface area contributed by atoms with Gasteiger partial charge in [0, 0.05) is 38.3 Å². The number of rotatable bonds is 8. The summed E-state index contributed by atoms with van der Waals surface area (Å²) in [5.74, 6) is 0.420. The van der Waals surface area contributed by atoms with Gasteiger partial charge in [0.25, 0.3) is 11.6 Å². The van der Waals surface area contributed by atoms with Gasteiger partial charge >= 0.3 is 6.16 Å². The lowest BCUT2D eigenvalue weighted by Gasteiger charge is -2.22. The van der Waals surface area contributed by atoms with Gasteiger partial charge in [-0.3, -0.25) is 19.6 Å². The molecule has 1 saturated carbocycles. The fourth-order valence-electron chi connectivity index (χ4n) is 4.55. The molecule has 0 spiro atoms. The maximum Gasteiger partial charge on any atom is 0.514 e. The van der Waals surface area contributed by atoms with Crippen molar-refractivity contribution in [2.45, 2.75) is 64.2 Å². The number of carbonyl (C=O) groups excluding carboxylic acids is 2. The number of hydrogen-bond acceptors (Lipinski definition) is 9. The monoisotopic (exact) mass is 540 g/mol. The van der Waals surface area contributed by atoms with Crippen molar-refractivity contribution in [3.8, 4) is 5.75 Å². The van der Waals surface area contributed by atoms with Crippen LogP contribution in [0.2, 0.25) is 0 Å². The normalized spacial score (nSPS) is 17.2. The first kappa shape index (κ1) is 27.8. The van der Waals surface area contributed by atoms with Gasteiger partial charge in [-0.25, -0.2) is 9.48 Å². The highest BCUT2D eigenvalue weighted by Gasteiger charge is 2.33. The lowest BCUT2D eigenvalue weighted by atomic mass is 10.0. The van der Waals surface area contributed by atoms with E-state index < -0.39 is 16.6 Å². The van der Waals surface area contributed by atoms with E-state index in [1.165, 1.54) is 28.9 Å². The van der Waals surface area contributed by atoms with Crippen LogP contribution in [0.25, 0.3) is 0 Å². The van der Waals surface area contributed by atoms with Crippen LogP contribution in [0.1, 0.15) is 67.8 Å². The molecule has 13 heteroatoms. The van der Waals surface area contributed by atoms with Crippen molar-refractivity contribution < 1.29 is 28.7 Å². The summed E-state index contributed by atoms with van der Waals surface area (Å²) >= 11 is 0. The first-order valence-electron chi connectivity index (χ1n) is 12.5. The third kappa shape index (κ3) is 6.60. The van der Waals surface area contributed by atoms with Gasteiger partial charge in [-0.05, 0) is 58.2 Å². The van der Waals surface area contributed by atoms with E-state index >= 15 is 0 Å². The van der Waals surface area contributed by atoms with Crippen LogP contribution in [-0.2, 0) is 28.7 Å². The van der Waals surface area contributed by atoms with Crippen molar-refractivity contribution >= 4 is 23.6 Å². The second-order valence-corrected chi connectivity index (χ2v) is 10.4. The SMILES string of the molecule is COCc1cc(C(=O)Nc2cc([C@H]3CC[C@@H](OC(=O)Oc4ccc([N+](=O)[O-])cc4)C3)nn2C(C)(C)C)n(C)n1. The second kappa shape index (κ2) is 11.2. The van der Waals surface area contributed by atoms with Crippen LogP contribution in [0.5, 0.6) is 5.75 Å². The minimum absolute atomic E-state index is 0.0198. The van der Waals surface area contributed by atoms with Crippen molar-refractivity contribution in [2.24, 2.45) is 7.05 Å². The molecular formula is C26H32N6O7. The Kier molecular flexibility index (Phi) is 8.00. The largest absolute Gasteiger partial charge is 0.514 e. The summed E-state index contributed by atoms with van der Waals surface area (Å²) in [6.45, 7) is 6.29. The summed E-state index contributed by atoms with van der Waals surface area (Å²) in [5.41, 5.74) is 1.33. The zero-order valence-corrected chi connectivity index (χ0v) is 22.5. The average molecular weight is 541 g/mol. The van der Waals surface area contributed by atoms with Crippen LogP contribution in [0.4, 0.5) is 16.3 Å². The molecule has 2 aromatic heterocycles. The van der Waals surface area contributed by atoms with Crippen LogP contribution >= 0.6 is 0 Å². The van der Waals surface area contributed by atoms with Crippen molar-refractivity contribution in [3.05, 3.63) is 63.6 Å². The van der Waals surface area contributed by atoms with E-state index in [-0.39, 0.29) is 29.4 Å². The van der Waals surface area contributed by atoms with Crippen LogP contribution < -0.4 is 10.1 Å². The lowest BCUT2D eigenvalue weighted by molar-refractivity contribution is -0.384. The number of aromatic nitrogens is 4. The lowest BCUT2D eigenvalue weighted by Crippen LogP contribution is -2.27. The Balaban J connectivity index is 1.41. The van der Waals surface area contributed by atoms with Gasteiger partial charge in [0.05, 0.1) is 28.5 Å². The number of methoxy groups -OCH3 is 1. The average Bonchev–Trinajstić information content (AvgIpc) is 3.58. The number of benzene rings is 1. The van der Waals surface area contributed by atoms with Gasteiger partial charge in [-0.15, -0.1) is 0 Å². The summed E-state index contributed by atoms with van der Waals surface area (Å²) in [6.07, 6.45) is 0.679. The highest BCUT2D eigenvalue weighted by atomic mass is 16.7. The van der Waals surface area contributed by atoms with E-state index in [0.29, 0.717) is 36.7 Å². The fourth-order valence-corrected chi connectivity index (χ4v) is 4.55. The van der Waals surface area contributed by atoms with Crippen LogP contribution in [0, 0.1) is 10.1 Å². The Hall–Kier alpha value is -4.26. The van der Waals surface area contributed by atoms with Crippen molar-refractivity contribution in [2.75, 3.05) is 12.4 Å². The molecule has 1 aliphatic rings. The number of ether oxygens (including phenoxy) is 3. The van der Waals surface area contributed by atoms with Gasteiger partial charge in [0.1, 0.15) is 23.4 Å². The number of carbonyl (C=O) groups is 2. The number of nitro benzene ring substituents is 1. The molecule has 1 aromatic carbocycles. The van der Waals surface area contributed by atoms with E-state index in [1.807, 2.05) is 26.8 Å². The Morgan fingerprint density at radius 3 is 2.51 bits per heavy atom. The highest BCUT2D eigenvalue weighted by molar-refractivity contribution is 6.02. The first-order valence-corrected chi connectivity index (χ1v) is 12.5. The minimum atomic E-state index is -0.869. The molecule has 0 unspecified atom stereocenters. The summed E-state index contributed by atoms with van der Waals surface area (Å²) in [5, 5.41) is 22.9. The summed E-state index contributed by atoms with van der Waals surface area (Å²) < 4.78 is 19.1. The summed E-state index contributed by atoms with van der Waals surface area (Å²) in [7, 11) is 3.27. The van der Waals surface area contributed by atoms with Crippen LogP contribution in [0.15, 0.2) is 36.4 Å². The van der Waals surface area contributed by atoms with Gasteiger partial charge in [-0.1, -0.05) is 0 Å². The predicted molar refractivity (Wildman–Crippen MR) is 140 cm³/mol. The molecule has 39 heavy (non-hydrogen) atoms. The Morgan fingerprint density at radius 1 is 1.15 bits per heavy atom. The van der Waals surface area contributed by atoms with Gasteiger partial charge in [-0.2, -0.15) is 10.2 Å². The molecule has 1 amide bonds. The van der Waals surface area contributed by atoms with Gasteiger partial charge in [0.15, 0.2) is 0 Å². The standard InChI is InChI=1S/C26H32N6O7/c1-26(2,3)31-23(27-24(33)22-13-17(15-37-5)28-30(22)4)14-21(29-31)16-6-9-20(12-16)39-25(34)38-19-10-7-18(8-11-19)32(35)36/h7-8,10-11,13-14,16,20H,6,9,12,15H2,1-5H3,(H,27,33)/t16-,20+/m0/s1. The number of non-ortho nitro benzene ring substituents is 1. The number of nitro groups is 1. The first-order chi connectivity index (χ1) is 18.4. The van der Waals surface area contributed by atoms with Crippen molar-refractivity contribution in [1.29, 1.82) is 0 Å². The molecule has 1 fully saturated rings. The predicted octanol–water partition coefficient (Wildman–Crippen LogP) is 4.53. The molecule has 2 atom stereocenters. The van der Waals surface area contributed by atoms with Crippen molar-refractivity contribution in [1.82, 2.24) is 19.6 Å². The van der Waals surface area contributed by atoms with E-state index in [9.17, 15) is 19.7 Å². The maximum absolute atomic E-state index is 13.1. The van der Waals surface area contributed by atoms with Crippen molar-refractivity contribution in [3.63, 3.8) is 0 Å². The highest BCUT2D eigenvalue weighted by Crippen LogP contribution is 2.37. The number of hydrogen-bond donors (Lipinski definition) is 1. The molecular weight excluding hydrogens is 508 g/mol. The smallest absolute Gasteiger partial charge is 0.431 e. The Morgan fingerprint density at radius 2 is 1.87 bits per heavy atom. The molecule has 13 nitrogen and oxygen atoms in total. The Bertz CT molecular complexity index is 1360. The van der Waals surface area contributed by atoms with Crippen LogP contribution in [-0.4, -0.2) is 49.8 Å². The molecule has 4 rings (SSSR count). The molecule has 0 saturated heterocycles. The summed E-state index contributed by atoms with van der Waals surface area (Å²) in [6, 6.07) is 8.74.